The molecule has 11 heavy (non-hydrogen) atoms. The van der Waals surface area contributed by atoms with E-state index in [0.29, 0.717) is 5.44 Å². The second-order valence-electron chi connectivity index (χ2n) is 2.42. The summed E-state index contributed by atoms with van der Waals surface area (Å²) < 4.78 is 10.2. The van der Waals surface area contributed by atoms with Gasteiger partial charge in [-0.15, -0.1) is 11.8 Å². The fourth-order valence-corrected chi connectivity index (χ4v) is 2.15. The lowest BCUT2D eigenvalue weighted by atomic mass is 10.4. The maximum Gasteiger partial charge on any atom is 0.180 e. The average Bonchev–Trinajstić information content (AvgIpc) is 2.60. The number of aromatic nitrogens is 1. The zero-order valence-electron chi connectivity index (χ0n) is 6.03. The molecule has 0 N–H and O–H groups in total. The molecule has 1 atom stereocenters. The fourth-order valence-electron chi connectivity index (χ4n) is 1.05. The summed E-state index contributed by atoms with van der Waals surface area (Å²) in [6.45, 7) is 0. The molecule has 1 unspecified atom stereocenters. The van der Waals surface area contributed by atoms with E-state index < -0.39 is 0 Å². The van der Waals surface area contributed by atoms with Crippen LogP contribution in [0.4, 0.5) is 0 Å². The van der Waals surface area contributed by atoms with Crippen molar-refractivity contribution in [3.63, 3.8) is 0 Å². The van der Waals surface area contributed by atoms with Crippen LogP contribution < -0.4 is 4.74 Å². The summed E-state index contributed by atoms with van der Waals surface area (Å²) >= 11 is 1.85. The number of ether oxygens (including phenoxy) is 1. The van der Waals surface area contributed by atoms with E-state index in [1.165, 1.54) is 18.4 Å². The van der Waals surface area contributed by atoms with Crippen molar-refractivity contribution in [1.29, 1.82) is 0 Å². The van der Waals surface area contributed by atoms with Crippen molar-refractivity contribution in [2.24, 2.45) is 0 Å². The second kappa shape index (κ2) is 3.17. The highest BCUT2D eigenvalue weighted by Crippen LogP contribution is 2.28. The molecule has 4 heteroatoms. The lowest BCUT2D eigenvalue weighted by molar-refractivity contribution is 0.280. The van der Waals surface area contributed by atoms with Crippen molar-refractivity contribution in [3.8, 4) is 5.75 Å². The molecule has 60 valence electrons. The van der Waals surface area contributed by atoms with E-state index in [2.05, 4.69) is 9.68 Å². The van der Waals surface area contributed by atoms with E-state index in [4.69, 9.17) is 4.74 Å². The third kappa shape index (κ3) is 1.68. The fraction of sp³-hybridized carbons (Fsp3) is 0.571. The van der Waals surface area contributed by atoms with Gasteiger partial charge in [0.2, 0.25) is 0 Å². The Hall–Kier alpha value is -0.640. The van der Waals surface area contributed by atoms with Crippen LogP contribution in [-0.4, -0.2) is 16.3 Å². The molecule has 1 aromatic rings. The molecule has 0 bridgehead atoms. The average molecular weight is 171 g/mol. The van der Waals surface area contributed by atoms with Gasteiger partial charge in [-0.3, -0.25) is 0 Å². The molecule has 0 spiro atoms. The number of hydrogen-bond acceptors (Lipinski definition) is 4. The largest absolute Gasteiger partial charge is 0.475 e. The van der Waals surface area contributed by atoms with Gasteiger partial charge in [-0.05, 0) is 18.6 Å². The highest BCUT2D eigenvalue weighted by molar-refractivity contribution is 8.00. The van der Waals surface area contributed by atoms with E-state index in [1.54, 1.807) is 6.20 Å². The third-order valence-electron chi connectivity index (χ3n) is 1.57. The maximum absolute atomic E-state index is 5.52. The third-order valence-corrected chi connectivity index (χ3v) is 2.79. The monoisotopic (exact) mass is 171 g/mol. The number of hydrogen-bond donors (Lipinski definition) is 0. The molecule has 0 saturated carbocycles. The number of thioether (sulfide) groups is 1. The normalized spacial score (nSPS) is 23.8. The molecule has 2 rings (SSSR count). The minimum absolute atomic E-state index is 0.314. The Morgan fingerprint density at radius 3 is 3.36 bits per heavy atom. The van der Waals surface area contributed by atoms with Crippen molar-refractivity contribution in [2.75, 3.05) is 5.75 Å². The summed E-state index contributed by atoms with van der Waals surface area (Å²) in [7, 11) is 0. The standard InChI is InChI=1S/C7H9NO2S/c1-2-7(11-3-1)10-6-4-8-9-5-6/h4-5,7H,1-3H2. The smallest absolute Gasteiger partial charge is 0.180 e. The first kappa shape index (κ1) is 7.03. The second-order valence-corrected chi connectivity index (χ2v) is 3.69. The molecule has 1 fully saturated rings. The summed E-state index contributed by atoms with van der Waals surface area (Å²) in [5.41, 5.74) is 0.314. The quantitative estimate of drug-likeness (QED) is 0.680. The van der Waals surface area contributed by atoms with E-state index in [1.807, 2.05) is 11.8 Å². The molecule has 3 nitrogen and oxygen atoms in total. The molecule has 0 radical (unpaired) electrons. The van der Waals surface area contributed by atoms with Gasteiger partial charge < -0.3 is 9.26 Å². The van der Waals surface area contributed by atoms with Gasteiger partial charge in [0, 0.05) is 0 Å². The molecule has 0 aromatic carbocycles. The van der Waals surface area contributed by atoms with Crippen LogP contribution >= 0.6 is 11.8 Å². The molecule has 1 aromatic heterocycles. The molecule has 0 aliphatic carbocycles. The van der Waals surface area contributed by atoms with E-state index in [0.717, 1.165) is 12.2 Å². The maximum atomic E-state index is 5.52. The predicted octanol–water partition coefficient (Wildman–Crippen LogP) is 1.91. The molecule has 1 aliphatic heterocycles. The summed E-state index contributed by atoms with van der Waals surface area (Å²) in [6.07, 6.45) is 5.51. The molecular weight excluding hydrogens is 162 g/mol. The highest BCUT2D eigenvalue weighted by atomic mass is 32.2. The first-order chi connectivity index (χ1) is 5.45. The first-order valence-corrected chi connectivity index (χ1v) is 4.68. The Labute approximate surface area is 69.1 Å². The lowest BCUT2D eigenvalue weighted by Gasteiger charge is -2.08. The van der Waals surface area contributed by atoms with Crippen LogP contribution in [-0.2, 0) is 0 Å². The Balaban J connectivity index is 1.90. The zero-order chi connectivity index (χ0) is 7.52. The Kier molecular flexibility index (Phi) is 2.03. The van der Waals surface area contributed by atoms with Gasteiger partial charge in [-0.1, -0.05) is 5.16 Å². The van der Waals surface area contributed by atoms with Crippen LogP contribution in [0.3, 0.4) is 0 Å². The van der Waals surface area contributed by atoms with Gasteiger partial charge in [0.05, 0.1) is 0 Å². The van der Waals surface area contributed by atoms with Crippen LogP contribution in [0.2, 0.25) is 0 Å². The van der Waals surface area contributed by atoms with Crippen molar-refractivity contribution in [1.82, 2.24) is 5.16 Å². The molecule has 1 saturated heterocycles. The van der Waals surface area contributed by atoms with Crippen molar-refractivity contribution in [2.45, 2.75) is 18.3 Å². The van der Waals surface area contributed by atoms with Crippen LogP contribution in [0.1, 0.15) is 12.8 Å². The topological polar surface area (TPSA) is 35.3 Å². The van der Waals surface area contributed by atoms with Crippen LogP contribution in [0.25, 0.3) is 0 Å². The summed E-state index contributed by atoms with van der Waals surface area (Å²) in [5.74, 6) is 1.94. The van der Waals surface area contributed by atoms with Crippen molar-refractivity contribution < 1.29 is 9.26 Å². The molecule has 1 aliphatic rings. The van der Waals surface area contributed by atoms with Crippen LogP contribution in [0, 0.1) is 0 Å². The van der Waals surface area contributed by atoms with E-state index in [-0.39, 0.29) is 0 Å². The molecule has 2 heterocycles. The minimum atomic E-state index is 0.314. The van der Waals surface area contributed by atoms with Gasteiger partial charge in [0.15, 0.2) is 12.0 Å². The minimum Gasteiger partial charge on any atom is -0.475 e. The highest BCUT2D eigenvalue weighted by Gasteiger charge is 2.17. The van der Waals surface area contributed by atoms with Gasteiger partial charge in [0.25, 0.3) is 0 Å². The van der Waals surface area contributed by atoms with Crippen LogP contribution in [0.5, 0.6) is 5.75 Å². The van der Waals surface area contributed by atoms with Crippen molar-refractivity contribution >= 4 is 11.8 Å². The van der Waals surface area contributed by atoms with Crippen LogP contribution in [0.15, 0.2) is 17.0 Å². The molecule has 0 amide bonds. The SMILES string of the molecule is c1nocc1OC1CCCS1. The van der Waals surface area contributed by atoms with Gasteiger partial charge in [0.1, 0.15) is 11.6 Å². The summed E-state index contributed by atoms with van der Waals surface area (Å²) in [5, 5.41) is 3.55. The van der Waals surface area contributed by atoms with E-state index >= 15 is 0 Å². The van der Waals surface area contributed by atoms with Gasteiger partial charge in [-0.25, -0.2) is 0 Å². The Morgan fingerprint density at radius 1 is 1.73 bits per heavy atom. The van der Waals surface area contributed by atoms with E-state index in [9.17, 15) is 0 Å². The van der Waals surface area contributed by atoms with Gasteiger partial charge >= 0.3 is 0 Å². The zero-order valence-corrected chi connectivity index (χ0v) is 6.84. The Bertz CT molecular complexity index is 206. The number of nitrogens with zero attached hydrogens (tertiary/aromatic N) is 1. The summed E-state index contributed by atoms with van der Waals surface area (Å²) in [6, 6.07) is 0. The number of rotatable bonds is 2. The summed E-state index contributed by atoms with van der Waals surface area (Å²) in [4.78, 5) is 0. The first-order valence-electron chi connectivity index (χ1n) is 3.63. The van der Waals surface area contributed by atoms with Gasteiger partial charge in [-0.2, -0.15) is 0 Å². The molecular formula is C7H9NO2S. The predicted molar refractivity (Wildman–Crippen MR) is 42.6 cm³/mol. The van der Waals surface area contributed by atoms with Crippen molar-refractivity contribution in [3.05, 3.63) is 12.5 Å². The Morgan fingerprint density at radius 2 is 2.73 bits per heavy atom. The lowest BCUT2D eigenvalue weighted by Crippen LogP contribution is -2.06.